The van der Waals surface area contributed by atoms with Crippen molar-refractivity contribution in [3.8, 4) is 0 Å². The molecule has 1 rings (SSSR count). The maximum absolute atomic E-state index is 3.93. The van der Waals surface area contributed by atoms with E-state index >= 15 is 0 Å². The quantitative estimate of drug-likeness (QED) is 0.637. The van der Waals surface area contributed by atoms with Crippen molar-refractivity contribution in [3.63, 3.8) is 0 Å². The smallest absolute Gasteiger partial charge is 0.0270 e. The van der Waals surface area contributed by atoms with Crippen molar-refractivity contribution in [1.29, 1.82) is 0 Å². The van der Waals surface area contributed by atoms with Gasteiger partial charge in [-0.25, -0.2) is 0 Å². The van der Waals surface area contributed by atoms with E-state index in [9.17, 15) is 0 Å². The van der Waals surface area contributed by atoms with E-state index in [0.29, 0.717) is 0 Å². The van der Waals surface area contributed by atoms with Crippen LogP contribution < -0.4 is 0 Å². The summed E-state index contributed by atoms with van der Waals surface area (Å²) >= 11 is 0. The first kappa shape index (κ1) is 9.50. The number of hydrogen-bond donors (Lipinski definition) is 0. The molecule has 0 saturated carbocycles. The van der Waals surface area contributed by atoms with E-state index in [4.69, 9.17) is 0 Å². The summed E-state index contributed by atoms with van der Waals surface area (Å²) < 4.78 is 0. The minimum atomic E-state index is 0. The van der Waals surface area contributed by atoms with Crippen molar-refractivity contribution in [2.75, 3.05) is 0 Å². The summed E-state index contributed by atoms with van der Waals surface area (Å²) in [5.74, 6) is 0. The Labute approximate surface area is 68.9 Å². The fraction of sp³-hybridized carbons (Fsp3) is 0.375. The van der Waals surface area contributed by atoms with Crippen LogP contribution in [0.3, 0.4) is 0 Å². The first-order valence-electron chi connectivity index (χ1n) is 3.32. The summed E-state index contributed by atoms with van der Waals surface area (Å²) in [6, 6.07) is 4.12. The van der Waals surface area contributed by atoms with Crippen LogP contribution in [0.15, 0.2) is 24.5 Å². The van der Waals surface area contributed by atoms with Crippen LogP contribution in [-0.2, 0) is 6.42 Å². The van der Waals surface area contributed by atoms with Crippen LogP contribution in [0.4, 0.5) is 0 Å². The summed E-state index contributed by atoms with van der Waals surface area (Å²) in [5.41, 5.74) is 1.38. The lowest BCUT2D eigenvalue weighted by atomic mass is 10.2. The number of rotatable bonds is 2. The number of nitrogens with zero attached hydrogens (tertiary/aromatic N) is 1. The Morgan fingerprint density at radius 1 is 1.30 bits per heavy atom. The van der Waals surface area contributed by atoms with Gasteiger partial charge in [0.05, 0.1) is 0 Å². The van der Waals surface area contributed by atoms with E-state index in [2.05, 4.69) is 24.0 Å². The minimum Gasteiger partial charge on any atom is -0.265 e. The maximum atomic E-state index is 3.93. The van der Waals surface area contributed by atoms with Crippen LogP contribution in [0.25, 0.3) is 0 Å². The average Bonchev–Trinajstić information content (AvgIpc) is 1.91. The summed E-state index contributed by atoms with van der Waals surface area (Å²) in [6.45, 7) is 2.18. The molecule has 0 N–H and O–H groups in total. The highest BCUT2D eigenvalue weighted by molar-refractivity contribution is 7.59. The zero-order valence-corrected chi connectivity index (χ0v) is 7.17. The van der Waals surface area contributed by atoms with E-state index in [0.717, 1.165) is 0 Å². The monoisotopic (exact) mass is 155 g/mol. The van der Waals surface area contributed by atoms with Gasteiger partial charge in [0, 0.05) is 12.4 Å². The Hall–Kier alpha value is -0.500. The molecule has 0 amide bonds. The molecule has 0 bridgehead atoms. The van der Waals surface area contributed by atoms with Crippen LogP contribution in [0, 0.1) is 0 Å². The summed E-state index contributed by atoms with van der Waals surface area (Å²) in [6.07, 6.45) is 6.06. The predicted molar refractivity (Wildman–Crippen MR) is 48.6 cm³/mol. The summed E-state index contributed by atoms with van der Waals surface area (Å²) in [4.78, 5) is 3.93. The lowest BCUT2D eigenvalue weighted by Crippen LogP contribution is -1.80. The van der Waals surface area contributed by atoms with Gasteiger partial charge in [-0.05, 0) is 24.1 Å². The van der Waals surface area contributed by atoms with Crippen molar-refractivity contribution in [1.82, 2.24) is 4.98 Å². The maximum Gasteiger partial charge on any atom is 0.0270 e. The molecule has 1 nitrogen and oxygen atoms in total. The van der Waals surface area contributed by atoms with Gasteiger partial charge in [-0.15, -0.1) is 0 Å². The Balaban J connectivity index is 0.000000810. The van der Waals surface area contributed by atoms with E-state index in [1.807, 2.05) is 12.4 Å². The van der Waals surface area contributed by atoms with Gasteiger partial charge in [0.15, 0.2) is 0 Å². The largest absolute Gasteiger partial charge is 0.265 e. The van der Waals surface area contributed by atoms with Crippen LogP contribution in [0.2, 0.25) is 0 Å². The highest BCUT2D eigenvalue weighted by Gasteiger charge is 1.85. The molecule has 0 atom stereocenters. The van der Waals surface area contributed by atoms with Gasteiger partial charge in [-0.3, -0.25) is 4.98 Å². The number of pyridine rings is 1. The molecule has 0 aliphatic carbocycles. The molecule has 1 aromatic heterocycles. The van der Waals surface area contributed by atoms with Crippen molar-refractivity contribution >= 4 is 13.5 Å². The molecule has 1 aromatic rings. The van der Waals surface area contributed by atoms with Crippen LogP contribution >= 0.6 is 13.5 Å². The minimum absolute atomic E-state index is 0. The molecular weight excluding hydrogens is 142 g/mol. The number of aromatic nitrogens is 1. The second-order valence-electron chi connectivity index (χ2n) is 2.11. The van der Waals surface area contributed by atoms with Gasteiger partial charge in [0.25, 0.3) is 0 Å². The van der Waals surface area contributed by atoms with Crippen molar-refractivity contribution in [3.05, 3.63) is 30.1 Å². The highest BCUT2D eigenvalue weighted by Crippen LogP contribution is 1.98. The van der Waals surface area contributed by atoms with Crippen molar-refractivity contribution in [2.45, 2.75) is 19.8 Å². The standard InChI is InChI=1S/C8H11N.H2S/c1-2-3-8-4-6-9-7-5-8;/h4-7H,2-3H2,1H3;1H2. The van der Waals surface area contributed by atoms with E-state index in [1.165, 1.54) is 18.4 Å². The Bertz CT molecular complexity index is 162. The zero-order chi connectivity index (χ0) is 6.53. The Kier molecular flexibility index (Phi) is 5.03. The van der Waals surface area contributed by atoms with E-state index < -0.39 is 0 Å². The van der Waals surface area contributed by atoms with Crippen molar-refractivity contribution in [2.24, 2.45) is 0 Å². The number of hydrogen-bond acceptors (Lipinski definition) is 1. The molecule has 0 unspecified atom stereocenters. The third kappa shape index (κ3) is 2.87. The SMILES string of the molecule is CCCc1ccncc1.S. The topological polar surface area (TPSA) is 12.9 Å². The lowest BCUT2D eigenvalue weighted by molar-refractivity contribution is 0.918. The van der Waals surface area contributed by atoms with Gasteiger partial charge in [-0.1, -0.05) is 13.3 Å². The third-order valence-electron chi connectivity index (χ3n) is 1.29. The van der Waals surface area contributed by atoms with Crippen LogP contribution in [-0.4, -0.2) is 4.98 Å². The molecule has 0 aliphatic rings. The lowest BCUT2D eigenvalue weighted by Gasteiger charge is -1.93. The molecule has 0 aromatic carbocycles. The summed E-state index contributed by atoms with van der Waals surface area (Å²) in [5, 5.41) is 0. The summed E-state index contributed by atoms with van der Waals surface area (Å²) in [7, 11) is 0. The molecule has 0 saturated heterocycles. The van der Waals surface area contributed by atoms with Gasteiger partial charge < -0.3 is 0 Å². The first-order valence-corrected chi connectivity index (χ1v) is 3.32. The van der Waals surface area contributed by atoms with Gasteiger partial charge in [0.2, 0.25) is 0 Å². The van der Waals surface area contributed by atoms with Gasteiger partial charge in [-0.2, -0.15) is 13.5 Å². The van der Waals surface area contributed by atoms with E-state index in [1.54, 1.807) is 0 Å². The average molecular weight is 155 g/mol. The highest BCUT2D eigenvalue weighted by atomic mass is 32.1. The molecule has 0 radical (unpaired) electrons. The second-order valence-corrected chi connectivity index (χ2v) is 2.11. The van der Waals surface area contributed by atoms with Crippen molar-refractivity contribution < 1.29 is 0 Å². The molecule has 2 heteroatoms. The predicted octanol–water partition coefficient (Wildman–Crippen LogP) is 2.15. The van der Waals surface area contributed by atoms with E-state index in [-0.39, 0.29) is 13.5 Å². The van der Waals surface area contributed by atoms with Crippen LogP contribution in [0.1, 0.15) is 18.9 Å². The van der Waals surface area contributed by atoms with Crippen LogP contribution in [0.5, 0.6) is 0 Å². The first-order chi connectivity index (χ1) is 4.43. The van der Waals surface area contributed by atoms with Gasteiger partial charge >= 0.3 is 0 Å². The second kappa shape index (κ2) is 5.30. The Morgan fingerprint density at radius 2 is 1.90 bits per heavy atom. The third-order valence-corrected chi connectivity index (χ3v) is 1.29. The molecule has 1 heterocycles. The fourth-order valence-electron chi connectivity index (χ4n) is 0.838. The molecule has 10 heavy (non-hydrogen) atoms. The Morgan fingerprint density at radius 3 is 2.40 bits per heavy atom. The number of aryl methyl sites for hydroxylation is 1. The molecule has 0 aliphatic heterocycles. The van der Waals surface area contributed by atoms with Gasteiger partial charge in [0.1, 0.15) is 0 Å². The molecule has 56 valence electrons. The fourth-order valence-corrected chi connectivity index (χ4v) is 0.838. The molecular formula is C8H13NS. The normalized spacial score (nSPS) is 8.50. The molecule has 0 fully saturated rings. The zero-order valence-electron chi connectivity index (χ0n) is 6.17. The molecule has 0 spiro atoms.